The van der Waals surface area contributed by atoms with E-state index in [0.29, 0.717) is 10.7 Å². The smallest absolute Gasteiger partial charge is 0.118 e. The maximum Gasteiger partial charge on any atom is 0.118 e. The van der Waals surface area contributed by atoms with E-state index in [1.54, 1.807) is 6.07 Å². The van der Waals surface area contributed by atoms with Gasteiger partial charge in [0.15, 0.2) is 0 Å². The number of aryl methyl sites for hydroxylation is 1. The van der Waals surface area contributed by atoms with Crippen LogP contribution in [0.3, 0.4) is 0 Å². The molecule has 0 heterocycles. The lowest BCUT2D eigenvalue weighted by atomic mass is 10.0. The van der Waals surface area contributed by atoms with Crippen LogP contribution in [-0.4, -0.2) is 10.9 Å². The van der Waals surface area contributed by atoms with E-state index in [4.69, 9.17) is 11.6 Å². The van der Waals surface area contributed by atoms with E-state index in [-0.39, 0.29) is 0 Å². The normalized spacial score (nSPS) is 11.6. The molecule has 0 aromatic heterocycles. The summed E-state index contributed by atoms with van der Waals surface area (Å²) in [4.78, 5) is 0. The predicted octanol–water partition coefficient (Wildman–Crippen LogP) is 4.64. The third-order valence-corrected chi connectivity index (χ3v) is 3.71. The van der Waals surface area contributed by atoms with E-state index in [1.165, 1.54) is 0 Å². The molecular weight excluding hydrogens is 314 g/mol. The summed E-state index contributed by atoms with van der Waals surface area (Å²) in [5.74, 6) is 0. The molecule has 2 rings (SSSR count). The van der Waals surface area contributed by atoms with Gasteiger partial charge in [-0.25, -0.2) is 0 Å². The molecule has 0 spiro atoms. The highest BCUT2D eigenvalue weighted by atomic mass is 79.9. The first-order valence-electron chi connectivity index (χ1n) is 5.37. The van der Waals surface area contributed by atoms with Gasteiger partial charge in [0.1, 0.15) is 5.71 Å². The summed E-state index contributed by atoms with van der Waals surface area (Å²) in [5, 5.41) is 13.3. The SMILES string of the molecule is Cc1cc(C(=NO)c2ccccc2)c(Br)cc1Cl. The molecule has 2 aromatic carbocycles. The molecule has 18 heavy (non-hydrogen) atoms. The second-order valence-electron chi connectivity index (χ2n) is 3.90. The summed E-state index contributed by atoms with van der Waals surface area (Å²) >= 11 is 9.49. The van der Waals surface area contributed by atoms with Crippen LogP contribution in [0.1, 0.15) is 16.7 Å². The van der Waals surface area contributed by atoms with E-state index in [1.807, 2.05) is 43.3 Å². The van der Waals surface area contributed by atoms with Gasteiger partial charge in [-0.1, -0.05) is 63.0 Å². The number of hydrogen-bond acceptors (Lipinski definition) is 2. The molecule has 1 N–H and O–H groups in total. The van der Waals surface area contributed by atoms with Gasteiger partial charge in [0, 0.05) is 20.6 Å². The largest absolute Gasteiger partial charge is 0.410 e. The zero-order valence-electron chi connectivity index (χ0n) is 9.69. The van der Waals surface area contributed by atoms with Crippen molar-refractivity contribution in [2.45, 2.75) is 6.92 Å². The maximum absolute atomic E-state index is 9.25. The molecule has 0 aliphatic rings. The standard InChI is InChI=1S/C14H11BrClNO/c1-9-7-11(12(15)8-13(9)16)14(17-18)10-5-3-2-4-6-10/h2-8,18H,1H3. The summed E-state index contributed by atoms with van der Waals surface area (Å²) in [7, 11) is 0. The van der Waals surface area contributed by atoms with Crippen LogP contribution < -0.4 is 0 Å². The summed E-state index contributed by atoms with van der Waals surface area (Å²) in [6.07, 6.45) is 0. The van der Waals surface area contributed by atoms with Gasteiger partial charge in [-0.15, -0.1) is 0 Å². The third kappa shape index (κ3) is 2.57. The monoisotopic (exact) mass is 323 g/mol. The lowest BCUT2D eigenvalue weighted by Gasteiger charge is -2.09. The van der Waals surface area contributed by atoms with Crippen molar-refractivity contribution >= 4 is 33.2 Å². The van der Waals surface area contributed by atoms with E-state index >= 15 is 0 Å². The van der Waals surface area contributed by atoms with Crippen LogP contribution in [0.15, 0.2) is 52.1 Å². The summed E-state index contributed by atoms with van der Waals surface area (Å²) in [6.45, 7) is 1.91. The van der Waals surface area contributed by atoms with Crippen LogP contribution in [-0.2, 0) is 0 Å². The Morgan fingerprint density at radius 2 is 1.89 bits per heavy atom. The van der Waals surface area contributed by atoms with Crippen molar-refractivity contribution in [1.29, 1.82) is 0 Å². The molecular formula is C14H11BrClNO. The Morgan fingerprint density at radius 3 is 2.50 bits per heavy atom. The Bertz CT molecular complexity index is 596. The Kier molecular flexibility index (Phi) is 4.04. The topological polar surface area (TPSA) is 32.6 Å². The molecule has 2 aromatic rings. The van der Waals surface area contributed by atoms with E-state index in [0.717, 1.165) is 21.2 Å². The molecule has 2 nitrogen and oxygen atoms in total. The Balaban J connectivity index is 2.57. The molecule has 92 valence electrons. The zero-order valence-corrected chi connectivity index (χ0v) is 12.0. The van der Waals surface area contributed by atoms with Crippen LogP contribution in [0.5, 0.6) is 0 Å². The van der Waals surface area contributed by atoms with Crippen molar-refractivity contribution in [3.8, 4) is 0 Å². The molecule has 0 radical (unpaired) electrons. The number of hydrogen-bond donors (Lipinski definition) is 1. The summed E-state index contributed by atoms with van der Waals surface area (Å²) in [5.41, 5.74) is 3.11. The third-order valence-electron chi connectivity index (χ3n) is 2.65. The average molecular weight is 325 g/mol. The van der Waals surface area contributed by atoms with Gasteiger partial charge in [0.2, 0.25) is 0 Å². The van der Waals surface area contributed by atoms with Gasteiger partial charge in [0.05, 0.1) is 0 Å². The lowest BCUT2D eigenvalue weighted by Crippen LogP contribution is -2.04. The number of benzene rings is 2. The molecule has 0 saturated heterocycles. The summed E-state index contributed by atoms with van der Waals surface area (Å²) < 4.78 is 0.801. The van der Waals surface area contributed by atoms with Gasteiger partial charge in [-0.05, 0) is 24.6 Å². The minimum absolute atomic E-state index is 0.516. The van der Waals surface area contributed by atoms with Gasteiger partial charge < -0.3 is 5.21 Å². The first-order valence-corrected chi connectivity index (χ1v) is 6.54. The van der Waals surface area contributed by atoms with E-state index in [9.17, 15) is 5.21 Å². The van der Waals surface area contributed by atoms with Crippen molar-refractivity contribution < 1.29 is 5.21 Å². The highest BCUT2D eigenvalue weighted by Gasteiger charge is 2.13. The van der Waals surface area contributed by atoms with Crippen molar-refractivity contribution in [2.75, 3.05) is 0 Å². The van der Waals surface area contributed by atoms with E-state index in [2.05, 4.69) is 21.1 Å². The fraction of sp³-hybridized carbons (Fsp3) is 0.0714. The van der Waals surface area contributed by atoms with Crippen LogP contribution in [0.2, 0.25) is 5.02 Å². The number of oxime groups is 1. The predicted molar refractivity (Wildman–Crippen MR) is 77.8 cm³/mol. The number of nitrogens with zero attached hydrogens (tertiary/aromatic N) is 1. The highest BCUT2D eigenvalue weighted by Crippen LogP contribution is 2.27. The lowest BCUT2D eigenvalue weighted by molar-refractivity contribution is 0.319. The minimum atomic E-state index is 0.516. The molecule has 0 amide bonds. The molecule has 0 fully saturated rings. The zero-order chi connectivity index (χ0) is 13.1. The average Bonchev–Trinajstić information content (AvgIpc) is 2.38. The van der Waals surface area contributed by atoms with Crippen molar-refractivity contribution in [3.63, 3.8) is 0 Å². The fourth-order valence-electron chi connectivity index (χ4n) is 1.70. The highest BCUT2D eigenvalue weighted by molar-refractivity contribution is 9.10. The summed E-state index contributed by atoms with van der Waals surface area (Å²) in [6, 6.07) is 13.2. The molecule has 0 unspecified atom stereocenters. The number of rotatable bonds is 2. The second-order valence-corrected chi connectivity index (χ2v) is 5.16. The van der Waals surface area contributed by atoms with Gasteiger partial charge in [-0.2, -0.15) is 0 Å². The van der Waals surface area contributed by atoms with Crippen LogP contribution in [0, 0.1) is 6.92 Å². The molecule has 0 saturated carbocycles. The Labute approximate surface area is 119 Å². The Morgan fingerprint density at radius 1 is 1.22 bits per heavy atom. The van der Waals surface area contributed by atoms with Crippen LogP contribution >= 0.6 is 27.5 Å². The molecule has 0 aliphatic carbocycles. The first kappa shape index (κ1) is 13.1. The minimum Gasteiger partial charge on any atom is -0.410 e. The van der Waals surface area contributed by atoms with Crippen molar-refractivity contribution in [1.82, 2.24) is 0 Å². The van der Waals surface area contributed by atoms with Crippen LogP contribution in [0.25, 0.3) is 0 Å². The van der Waals surface area contributed by atoms with Gasteiger partial charge in [-0.3, -0.25) is 0 Å². The van der Waals surface area contributed by atoms with Crippen molar-refractivity contribution in [2.24, 2.45) is 5.16 Å². The molecule has 4 heteroatoms. The number of halogens is 2. The molecule has 0 atom stereocenters. The first-order chi connectivity index (χ1) is 8.63. The quantitative estimate of drug-likeness (QED) is 0.487. The Hall–Kier alpha value is -1.32. The van der Waals surface area contributed by atoms with Crippen molar-refractivity contribution in [3.05, 3.63) is 68.7 Å². The van der Waals surface area contributed by atoms with Gasteiger partial charge >= 0.3 is 0 Å². The van der Waals surface area contributed by atoms with E-state index < -0.39 is 0 Å². The molecule has 0 bridgehead atoms. The fourth-order valence-corrected chi connectivity index (χ4v) is 2.53. The second kappa shape index (κ2) is 5.55. The maximum atomic E-state index is 9.25. The molecule has 0 aliphatic heterocycles. The van der Waals surface area contributed by atoms with Crippen LogP contribution in [0.4, 0.5) is 0 Å². The van der Waals surface area contributed by atoms with Gasteiger partial charge in [0.25, 0.3) is 0 Å².